The number of rotatable bonds is 4. The molecule has 0 fully saturated rings. The van der Waals surface area contributed by atoms with Crippen molar-refractivity contribution in [1.82, 2.24) is 0 Å². The Morgan fingerprint density at radius 1 is 1.55 bits per heavy atom. The van der Waals surface area contributed by atoms with E-state index in [9.17, 15) is 9.59 Å². The molecule has 7 heteroatoms. The standard InChI is InChI=1S/C15H12ClNO3S2/c1-3-7-21-15-17-11(14(19)22-15)8-10-5-4-6-12(13(10)16)20-9(2)18/h3-6,8H,1,7H2,2H3. The minimum absolute atomic E-state index is 0.138. The first-order chi connectivity index (χ1) is 10.5. The van der Waals surface area contributed by atoms with Crippen LogP contribution in [0.2, 0.25) is 5.02 Å². The number of benzene rings is 1. The Balaban J connectivity index is 2.29. The number of thioether (sulfide) groups is 2. The maximum Gasteiger partial charge on any atom is 0.308 e. The summed E-state index contributed by atoms with van der Waals surface area (Å²) < 4.78 is 5.69. The molecule has 0 aliphatic carbocycles. The molecule has 1 aromatic carbocycles. The number of hydrogen-bond donors (Lipinski definition) is 0. The Labute approximate surface area is 141 Å². The van der Waals surface area contributed by atoms with Gasteiger partial charge in [0.2, 0.25) is 5.12 Å². The molecular formula is C15H12ClNO3S2. The van der Waals surface area contributed by atoms with Gasteiger partial charge >= 0.3 is 5.97 Å². The molecule has 1 aliphatic heterocycles. The van der Waals surface area contributed by atoms with Crippen molar-refractivity contribution >= 4 is 56.7 Å². The molecule has 0 bridgehead atoms. The Morgan fingerprint density at radius 3 is 3.00 bits per heavy atom. The highest BCUT2D eigenvalue weighted by atomic mass is 35.5. The maximum atomic E-state index is 11.9. The van der Waals surface area contributed by atoms with Crippen LogP contribution in [0.4, 0.5) is 0 Å². The smallest absolute Gasteiger partial charge is 0.308 e. The zero-order valence-electron chi connectivity index (χ0n) is 11.7. The zero-order chi connectivity index (χ0) is 16.1. The van der Waals surface area contributed by atoms with Crippen molar-refractivity contribution in [3.8, 4) is 5.75 Å². The molecule has 1 heterocycles. The van der Waals surface area contributed by atoms with Gasteiger partial charge in [0.1, 0.15) is 15.8 Å². The summed E-state index contributed by atoms with van der Waals surface area (Å²) in [7, 11) is 0. The van der Waals surface area contributed by atoms with Crippen molar-refractivity contribution in [2.45, 2.75) is 6.92 Å². The average molecular weight is 354 g/mol. The van der Waals surface area contributed by atoms with E-state index in [-0.39, 0.29) is 15.9 Å². The molecule has 0 aromatic heterocycles. The van der Waals surface area contributed by atoms with Crippen molar-refractivity contribution in [2.75, 3.05) is 5.75 Å². The van der Waals surface area contributed by atoms with Crippen LogP contribution in [0.5, 0.6) is 5.75 Å². The number of nitrogens with zero attached hydrogens (tertiary/aromatic N) is 1. The van der Waals surface area contributed by atoms with E-state index in [0.717, 1.165) is 11.8 Å². The molecule has 0 spiro atoms. The first-order valence-corrected chi connectivity index (χ1v) is 8.42. The molecule has 0 N–H and O–H groups in total. The summed E-state index contributed by atoms with van der Waals surface area (Å²) in [4.78, 5) is 27.2. The van der Waals surface area contributed by atoms with E-state index in [1.165, 1.54) is 18.7 Å². The molecule has 22 heavy (non-hydrogen) atoms. The van der Waals surface area contributed by atoms with Crippen LogP contribution < -0.4 is 4.74 Å². The van der Waals surface area contributed by atoms with Crippen LogP contribution in [-0.4, -0.2) is 21.2 Å². The minimum Gasteiger partial charge on any atom is -0.425 e. The fraction of sp³-hybridized carbons (Fsp3) is 0.133. The number of hydrogen-bond acceptors (Lipinski definition) is 6. The zero-order valence-corrected chi connectivity index (χ0v) is 14.1. The van der Waals surface area contributed by atoms with Gasteiger partial charge < -0.3 is 4.74 Å². The lowest BCUT2D eigenvalue weighted by molar-refractivity contribution is -0.131. The summed E-state index contributed by atoms with van der Waals surface area (Å²) in [6.07, 6.45) is 3.34. The predicted molar refractivity (Wildman–Crippen MR) is 93.4 cm³/mol. The first kappa shape index (κ1) is 16.9. The fourth-order valence-electron chi connectivity index (χ4n) is 1.60. The topological polar surface area (TPSA) is 55.7 Å². The number of carbonyl (C=O) groups excluding carboxylic acids is 2. The van der Waals surface area contributed by atoms with Crippen molar-refractivity contribution in [1.29, 1.82) is 0 Å². The lowest BCUT2D eigenvalue weighted by Crippen LogP contribution is -2.02. The minimum atomic E-state index is -0.458. The highest BCUT2D eigenvalue weighted by Crippen LogP contribution is 2.34. The van der Waals surface area contributed by atoms with Gasteiger partial charge in [-0.2, -0.15) is 0 Å². The molecule has 1 aromatic rings. The average Bonchev–Trinajstić information content (AvgIpc) is 2.81. The number of ether oxygens (including phenoxy) is 1. The second kappa shape index (κ2) is 7.67. The third-order valence-electron chi connectivity index (χ3n) is 2.46. The number of carbonyl (C=O) groups is 2. The third kappa shape index (κ3) is 4.25. The molecule has 0 saturated carbocycles. The number of aliphatic imine (C=N–C) groups is 1. The lowest BCUT2D eigenvalue weighted by Gasteiger charge is -2.06. The van der Waals surface area contributed by atoms with Gasteiger partial charge in [0, 0.05) is 12.7 Å². The quantitative estimate of drug-likeness (QED) is 0.352. The van der Waals surface area contributed by atoms with Crippen LogP contribution in [0.3, 0.4) is 0 Å². The van der Waals surface area contributed by atoms with E-state index in [4.69, 9.17) is 16.3 Å². The predicted octanol–water partition coefficient (Wildman–Crippen LogP) is 4.15. The lowest BCUT2D eigenvalue weighted by atomic mass is 10.2. The monoisotopic (exact) mass is 353 g/mol. The fourth-order valence-corrected chi connectivity index (χ4v) is 3.42. The Hall–Kier alpha value is -1.50. The molecule has 4 nitrogen and oxygen atoms in total. The van der Waals surface area contributed by atoms with E-state index in [1.807, 2.05) is 0 Å². The van der Waals surface area contributed by atoms with Crippen molar-refractivity contribution in [2.24, 2.45) is 4.99 Å². The number of halogens is 1. The summed E-state index contributed by atoms with van der Waals surface area (Å²) in [6, 6.07) is 5.01. The Morgan fingerprint density at radius 2 is 2.32 bits per heavy atom. The van der Waals surface area contributed by atoms with Gasteiger partial charge in [-0.15, -0.1) is 6.58 Å². The van der Waals surface area contributed by atoms with E-state index in [1.54, 1.807) is 30.4 Å². The maximum absolute atomic E-state index is 11.9. The third-order valence-corrected chi connectivity index (χ3v) is 4.87. The molecular weight excluding hydrogens is 342 g/mol. The van der Waals surface area contributed by atoms with Crippen LogP contribution in [0, 0.1) is 0 Å². The summed E-state index contributed by atoms with van der Waals surface area (Å²) in [5.41, 5.74) is 0.890. The van der Waals surface area contributed by atoms with Crippen molar-refractivity contribution in [3.63, 3.8) is 0 Å². The van der Waals surface area contributed by atoms with Crippen molar-refractivity contribution < 1.29 is 14.3 Å². The largest absolute Gasteiger partial charge is 0.425 e. The van der Waals surface area contributed by atoms with Crippen LogP contribution in [-0.2, 0) is 9.59 Å². The van der Waals surface area contributed by atoms with Gasteiger partial charge in [-0.3, -0.25) is 9.59 Å². The Bertz CT molecular complexity index is 698. The molecule has 0 saturated heterocycles. The summed E-state index contributed by atoms with van der Waals surface area (Å²) >= 11 is 8.72. The molecule has 0 atom stereocenters. The highest BCUT2D eigenvalue weighted by Gasteiger charge is 2.22. The summed E-state index contributed by atoms with van der Waals surface area (Å²) in [6.45, 7) is 4.93. The van der Waals surface area contributed by atoms with Gasteiger partial charge in [0.25, 0.3) is 0 Å². The molecule has 2 rings (SSSR count). The van der Waals surface area contributed by atoms with Gasteiger partial charge in [0.15, 0.2) is 0 Å². The second-order valence-electron chi connectivity index (χ2n) is 4.15. The normalized spacial score (nSPS) is 15.8. The van der Waals surface area contributed by atoms with Gasteiger partial charge in [-0.1, -0.05) is 41.6 Å². The van der Waals surface area contributed by atoms with Crippen molar-refractivity contribution in [3.05, 3.63) is 47.1 Å². The molecule has 1 aliphatic rings. The van der Waals surface area contributed by atoms with E-state index >= 15 is 0 Å². The Kier molecular flexibility index (Phi) is 5.88. The molecule has 0 unspecified atom stereocenters. The summed E-state index contributed by atoms with van der Waals surface area (Å²) in [5, 5.41) is 0.130. The van der Waals surface area contributed by atoms with Crippen LogP contribution in [0.15, 0.2) is 41.5 Å². The first-order valence-electron chi connectivity index (χ1n) is 6.24. The van der Waals surface area contributed by atoms with Crippen LogP contribution in [0.25, 0.3) is 6.08 Å². The van der Waals surface area contributed by atoms with Crippen LogP contribution in [0.1, 0.15) is 12.5 Å². The molecule has 114 valence electrons. The van der Waals surface area contributed by atoms with Gasteiger partial charge in [-0.05, 0) is 29.5 Å². The second-order valence-corrected chi connectivity index (χ2v) is 6.76. The van der Waals surface area contributed by atoms with E-state index in [2.05, 4.69) is 11.6 Å². The summed E-state index contributed by atoms with van der Waals surface area (Å²) in [5.74, 6) is 0.488. The van der Waals surface area contributed by atoms with Crippen LogP contribution >= 0.6 is 35.1 Å². The van der Waals surface area contributed by atoms with E-state index in [0.29, 0.717) is 21.4 Å². The van der Waals surface area contributed by atoms with Gasteiger partial charge in [0.05, 0.1) is 5.02 Å². The molecule has 0 radical (unpaired) electrons. The van der Waals surface area contributed by atoms with E-state index < -0.39 is 5.97 Å². The molecule has 0 amide bonds. The van der Waals surface area contributed by atoms with Gasteiger partial charge in [-0.25, -0.2) is 4.99 Å². The SMILES string of the molecule is C=CCSC1=NC(=Cc2cccc(OC(C)=O)c2Cl)C(=O)S1. The number of esters is 1. The highest BCUT2D eigenvalue weighted by molar-refractivity contribution is 8.45.